The van der Waals surface area contributed by atoms with Crippen molar-refractivity contribution in [1.82, 2.24) is 14.9 Å². The van der Waals surface area contributed by atoms with Gasteiger partial charge in [0.25, 0.3) is 5.91 Å². The van der Waals surface area contributed by atoms with Crippen LogP contribution < -0.4 is 16.6 Å². The molecular weight excluding hydrogens is 230 g/mol. The van der Waals surface area contributed by atoms with Crippen LogP contribution in [0.4, 0.5) is 5.69 Å². The van der Waals surface area contributed by atoms with E-state index in [9.17, 15) is 4.79 Å². The molecule has 0 radical (unpaired) electrons. The van der Waals surface area contributed by atoms with Gasteiger partial charge in [0, 0.05) is 19.4 Å². The van der Waals surface area contributed by atoms with Crippen molar-refractivity contribution in [3.8, 4) is 0 Å². The number of benzene rings is 1. The summed E-state index contributed by atoms with van der Waals surface area (Å²) in [5.74, 6) is 5.96. The highest BCUT2D eigenvalue weighted by molar-refractivity contribution is 5.99. The minimum atomic E-state index is -0.188. The number of aryl methyl sites for hydroxylation is 1. The summed E-state index contributed by atoms with van der Waals surface area (Å²) in [7, 11) is 1.88. The lowest BCUT2D eigenvalue weighted by Gasteiger charge is -2.09. The Bertz CT molecular complexity index is 549. The number of imidazole rings is 1. The molecule has 1 aromatic heterocycles. The van der Waals surface area contributed by atoms with E-state index in [1.165, 1.54) is 0 Å². The van der Waals surface area contributed by atoms with E-state index in [0.717, 1.165) is 5.82 Å². The second-order valence-electron chi connectivity index (χ2n) is 3.83. The summed E-state index contributed by atoms with van der Waals surface area (Å²) in [5, 5.41) is 2.80. The summed E-state index contributed by atoms with van der Waals surface area (Å²) in [6, 6.07) is 7.06. The molecule has 2 aromatic rings. The van der Waals surface area contributed by atoms with Gasteiger partial charge in [-0.3, -0.25) is 10.6 Å². The van der Waals surface area contributed by atoms with Crippen LogP contribution in [-0.2, 0) is 13.6 Å². The normalized spacial score (nSPS) is 10.1. The van der Waals surface area contributed by atoms with Crippen LogP contribution in [0.1, 0.15) is 16.2 Å². The maximum Gasteiger partial charge on any atom is 0.253 e. The third-order valence-electron chi connectivity index (χ3n) is 2.66. The van der Waals surface area contributed by atoms with E-state index in [-0.39, 0.29) is 5.91 Å². The molecule has 0 aliphatic carbocycles. The molecule has 0 bridgehead atoms. The van der Waals surface area contributed by atoms with Crippen molar-refractivity contribution in [2.45, 2.75) is 6.54 Å². The van der Waals surface area contributed by atoms with Crippen molar-refractivity contribution in [2.75, 3.05) is 5.43 Å². The van der Waals surface area contributed by atoms with Crippen molar-refractivity contribution < 1.29 is 4.79 Å². The first-order chi connectivity index (χ1) is 8.72. The van der Waals surface area contributed by atoms with E-state index in [1.54, 1.807) is 24.4 Å². The fourth-order valence-electron chi connectivity index (χ4n) is 1.63. The Labute approximate surface area is 105 Å². The Kier molecular flexibility index (Phi) is 3.59. The quantitative estimate of drug-likeness (QED) is 0.545. The van der Waals surface area contributed by atoms with Crippen LogP contribution >= 0.6 is 0 Å². The Morgan fingerprint density at radius 3 is 2.89 bits per heavy atom. The summed E-state index contributed by atoms with van der Waals surface area (Å²) >= 11 is 0. The Morgan fingerprint density at radius 2 is 2.22 bits per heavy atom. The monoisotopic (exact) mass is 245 g/mol. The van der Waals surface area contributed by atoms with Gasteiger partial charge in [-0.15, -0.1) is 0 Å². The van der Waals surface area contributed by atoms with E-state index in [4.69, 9.17) is 5.84 Å². The number of para-hydroxylation sites is 1. The third kappa shape index (κ3) is 2.49. The number of nitrogens with two attached hydrogens (primary N) is 1. The second kappa shape index (κ2) is 5.33. The molecule has 0 fully saturated rings. The van der Waals surface area contributed by atoms with Gasteiger partial charge in [0.15, 0.2) is 0 Å². The van der Waals surface area contributed by atoms with Crippen LogP contribution in [-0.4, -0.2) is 15.5 Å². The smallest absolute Gasteiger partial charge is 0.253 e. The van der Waals surface area contributed by atoms with E-state index in [0.29, 0.717) is 17.8 Å². The molecule has 6 heteroatoms. The van der Waals surface area contributed by atoms with Crippen LogP contribution in [0.2, 0.25) is 0 Å². The lowest BCUT2D eigenvalue weighted by molar-refractivity contribution is 0.0950. The topological polar surface area (TPSA) is 85.0 Å². The van der Waals surface area contributed by atoms with Gasteiger partial charge in [-0.1, -0.05) is 12.1 Å². The number of carbonyl (C=O) groups excluding carboxylic acids is 1. The molecule has 0 atom stereocenters. The van der Waals surface area contributed by atoms with Crippen molar-refractivity contribution in [3.05, 3.63) is 48.0 Å². The Hall–Kier alpha value is -2.34. The van der Waals surface area contributed by atoms with E-state index in [1.807, 2.05) is 23.9 Å². The molecular formula is C12H15N5O. The van der Waals surface area contributed by atoms with Gasteiger partial charge in [0.2, 0.25) is 0 Å². The molecule has 1 heterocycles. The molecule has 0 aliphatic heterocycles. The van der Waals surface area contributed by atoms with E-state index >= 15 is 0 Å². The number of hydrogen-bond acceptors (Lipinski definition) is 4. The Balaban J connectivity index is 2.06. The number of hydrogen-bond donors (Lipinski definition) is 3. The first kappa shape index (κ1) is 12.1. The molecule has 0 unspecified atom stereocenters. The Morgan fingerprint density at radius 1 is 1.44 bits per heavy atom. The predicted octanol–water partition coefficient (Wildman–Crippen LogP) is 0.636. The van der Waals surface area contributed by atoms with Crippen LogP contribution in [0.25, 0.3) is 0 Å². The maximum atomic E-state index is 12.0. The van der Waals surface area contributed by atoms with Crippen LogP contribution in [0.5, 0.6) is 0 Å². The van der Waals surface area contributed by atoms with Gasteiger partial charge in [0.05, 0.1) is 17.8 Å². The van der Waals surface area contributed by atoms with Gasteiger partial charge < -0.3 is 15.3 Å². The molecule has 0 saturated heterocycles. The second-order valence-corrected chi connectivity index (χ2v) is 3.83. The zero-order chi connectivity index (χ0) is 13.0. The predicted molar refractivity (Wildman–Crippen MR) is 68.6 cm³/mol. The van der Waals surface area contributed by atoms with Gasteiger partial charge in [-0.25, -0.2) is 4.98 Å². The van der Waals surface area contributed by atoms with Crippen LogP contribution in [0.3, 0.4) is 0 Å². The first-order valence-electron chi connectivity index (χ1n) is 5.52. The molecule has 6 nitrogen and oxygen atoms in total. The zero-order valence-corrected chi connectivity index (χ0v) is 10.1. The van der Waals surface area contributed by atoms with Gasteiger partial charge in [0.1, 0.15) is 5.82 Å². The molecule has 94 valence electrons. The number of nitrogens with zero attached hydrogens (tertiary/aromatic N) is 2. The highest BCUT2D eigenvalue weighted by atomic mass is 16.1. The molecule has 1 aromatic carbocycles. The third-order valence-corrected chi connectivity index (χ3v) is 2.66. The number of nitrogen functional groups attached to an aromatic ring is 1. The molecule has 1 amide bonds. The largest absolute Gasteiger partial charge is 0.345 e. The SMILES string of the molecule is Cn1ccnc1CNC(=O)c1ccccc1NN. The number of rotatable bonds is 4. The van der Waals surface area contributed by atoms with Crippen LogP contribution in [0.15, 0.2) is 36.7 Å². The van der Waals surface area contributed by atoms with E-state index in [2.05, 4.69) is 15.7 Å². The highest BCUT2D eigenvalue weighted by Crippen LogP contribution is 2.13. The molecule has 4 N–H and O–H groups in total. The van der Waals surface area contributed by atoms with Gasteiger partial charge >= 0.3 is 0 Å². The summed E-state index contributed by atoms with van der Waals surface area (Å²) in [5.41, 5.74) is 3.60. The standard InChI is InChI=1S/C12H15N5O/c1-17-7-6-14-11(17)8-15-12(18)9-4-2-3-5-10(9)16-13/h2-7,16H,8,13H2,1H3,(H,15,18). The first-order valence-corrected chi connectivity index (χ1v) is 5.52. The molecule has 0 aliphatic rings. The molecule has 2 rings (SSSR count). The lowest BCUT2D eigenvalue weighted by Crippen LogP contribution is -2.26. The number of hydrazine groups is 1. The van der Waals surface area contributed by atoms with Gasteiger partial charge in [-0.05, 0) is 12.1 Å². The van der Waals surface area contributed by atoms with Crippen molar-refractivity contribution in [2.24, 2.45) is 12.9 Å². The molecule has 0 spiro atoms. The van der Waals surface area contributed by atoms with Crippen molar-refractivity contribution >= 4 is 11.6 Å². The summed E-state index contributed by atoms with van der Waals surface area (Å²) in [6.45, 7) is 0.376. The molecule has 18 heavy (non-hydrogen) atoms. The number of amides is 1. The van der Waals surface area contributed by atoms with Crippen LogP contribution in [0, 0.1) is 0 Å². The number of carbonyl (C=O) groups is 1. The number of anilines is 1. The van der Waals surface area contributed by atoms with Crippen molar-refractivity contribution in [3.63, 3.8) is 0 Å². The average molecular weight is 245 g/mol. The molecule has 0 saturated carbocycles. The minimum Gasteiger partial charge on any atom is -0.345 e. The summed E-state index contributed by atoms with van der Waals surface area (Å²) in [4.78, 5) is 16.1. The average Bonchev–Trinajstić information content (AvgIpc) is 2.81. The minimum absolute atomic E-state index is 0.188. The summed E-state index contributed by atoms with van der Waals surface area (Å²) in [6.07, 6.45) is 3.52. The fourth-order valence-corrected chi connectivity index (χ4v) is 1.63. The number of aromatic nitrogens is 2. The van der Waals surface area contributed by atoms with Crippen molar-refractivity contribution in [1.29, 1.82) is 0 Å². The van der Waals surface area contributed by atoms with E-state index < -0.39 is 0 Å². The highest BCUT2D eigenvalue weighted by Gasteiger charge is 2.10. The number of nitrogens with one attached hydrogen (secondary N) is 2. The zero-order valence-electron chi connectivity index (χ0n) is 10.1. The maximum absolute atomic E-state index is 12.0. The fraction of sp³-hybridized carbons (Fsp3) is 0.167. The summed E-state index contributed by atoms with van der Waals surface area (Å²) < 4.78 is 1.85. The van der Waals surface area contributed by atoms with Gasteiger partial charge in [-0.2, -0.15) is 0 Å². The lowest BCUT2D eigenvalue weighted by atomic mass is 10.1.